The molecule has 0 saturated heterocycles. The molecule has 0 aliphatic heterocycles. The van der Waals surface area contributed by atoms with Gasteiger partial charge < -0.3 is 5.32 Å². The number of benzene rings is 1. The van der Waals surface area contributed by atoms with Crippen LogP contribution in [0.4, 0.5) is 0 Å². The van der Waals surface area contributed by atoms with E-state index >= 15 is 0 Å². The molecule has 2 heterocycles. The summed E-state index contributed by atoms with van der Waals surface area (Å²) in [5, 5.41) is 2.93. The van der Waals surface area contributed by atoms with Crippen LogP contribution in [0.5, 0.6) is 0 Å². The molecule has 114 valence electrons. The molecule has 1 N–H and O–H groups in total. The van der Waals surface area contributed by atoms with E-state index < -0.39 is 0 Å². The van der Waals surface area contributed by atoms with Crippen molar-refractivity contribution in [2.24, 2.45) is 0 Å². The minimum Gasteiger partial charge on any atom is -0.348 e. The number of hydrogen-bond donors (Lipinski definition) is 1. The Morgan fingerprint density at radius 3 is 2.61 bits per heavy atom. The molecular weight excluding hydrogens is 354 g/mol. The first-order chi connectivity index (χ1) is 11.2. The Balaban J connectivity index is 1.72. The van der Waals surface area contributed by atoms with Crippen molar-refractivity contribution in [2.45, 2.75) is 6.54 Å². The fourth-order valence-electron chi connectivity index (χ4n) is 2.19. The first kappa shape index (κ1) is 15.4. The van der Waals surface area contributed by atoms with Crippen molar-refractivity contribution in [3.05, 3.63) is 82.7 Å². The third-order valence-electron chi connectivity index (χ3n) is 3.37. The minimum absolute atomic E-state index is 0.111. The molecule has 2 aromatic heterocycles. The van der Waals surface area contributed by atoms with E-state index in [4.69, 9.17) is 0 Å². The fourth-order valence-corrected chi connectivity index (χ4v) is 2.65. The Hall–Kier alpha value is -2.53. The van der Waals surface area contributed by atoms with Gasteiger partial charge in [0.05, 0.1) is 11.3 Å². The SMILES string of the molecule is O=C(NCc1ccnc(-c2ccncc2)c1)c1ccccc1Br. The molecule has 5 heteroatoms. The maximum atomic E-state index is 12.2. The fraction of sp³-hybridized carbons (Fsp3) is 0.0556. The van der Waals surface area contributed by atoms with Crippen molar-refractivity contribution >= 4 is 21.8 Å². The van der Waals surface area contributed by atoms with Crippen LogP contribution in [0.3, 0.4) is 0 Å². The van der Waals surface area contributed by atoms with Gasteiger partial charge in [-0.1, -0.05) is 12.1 Å². The van der Waals surface area contributed by atoms with Gasteiger partial charge in [0.1, 0.15) is 0 Å². The van der Waals surface area contributed by atoms with Crippen molar-refractivity contribution in [2.75, 3.05) is 0 Å². The molecule has 0 unspecified atom stereocenters. The number of halogens is 1. The number of amides is 1. The molecule has 3 aromatic rings. The minimum atomic E-state index is -0.111. The quantitative estimate of drug-likeness (QED) is 0.762. The first-order valence-corrected chi connectivity index (χ1v) is 7.91. The zero-order chi connectivity index (χ0) is 16.1. The molecule has 1 aromatic carbocycles. The van der Waals surface area contributed by atoms with E-state index in [9.17, 15) is 4.79 Å². The topological polar surface area (TPSA) is 54.9 Å². The van der Waals surface area contributed by atoms with Gasteiger partial charge in [0, 0.05) is 35.2 Å². The molecule has 0 saturated carbocycles. The number of hydrogen-bond acceptors (Lipinski definition) is 3. The summed E-state index contributed by atoms with van der Waals surface area (Å²) in [6.07, 6.45) is 5.21. The van der Waals surface area contributed by atoms with Gasteiger partial charge in [0.2, 0.25) is 0 Å². The third-order valence-corrected chi connectivity index (χ3v) is 4.06. The smallest absolute Gasteiger partial charge is 0.252 e. The monoisotopic (exact) mass is 367 g/mol. The first-order valence-electron chi connectivity index (χ1n) is 7.12. The van der Waals surface area contributed by atoms with Crippen LogP contribution in [0.2, 0.25) is 0 Å². The van der Waals surface area contributed by atoms with E-state index in [1.54, 1.807) is 24.7 Å². The molecule has 1 amide bonds. The molecule has 4 nitrogen and oxygen atoms in total. The van der Waals surface area contributed by atoms with Crippen LogP contribution in [-0.4, -0.2) is 15.9 Å². The van der Waals surface area contributed by atoms with E-state index in [1.165, 1.54) is 0 Å². The number of carbonyl (C=O) groups is 1. The second-order valence-corrected chi connectivity index (χ2v) is 5.80. The Labute approximate surface area is 142 Å². The lowest BCUT2D eigenvalue weighted by Crippen LogP contribution is -2.23. The Kier molecular flexibility index (Phi) is 4.78. The highest BCUT2D eigenvalue weighted by Gasteiger charge is 2.09. The average Bonchev–Trinajstić information content (AvgIpc) is 2.61. The number of nitrogens with one attached hydrogen (secondary N) is 1. The summed E-state index contributed by atoms with van der Waals surface area (Å²) >= 11 is 3.39. The van der Waals surface area contributed by atoms with Crippen molar-refractivity contribution < 1.29 is 4.79 Å². The molecule has 0 spiro atoms. The second kappa shape index (κ2) is 7.15. The summed E-state index contributed by atoms with van der Waals surface area (Å²) in [5.41, 5.74) is 3.47. The lowest BCUT2D eigenvalue weighted by Gasteiger charge is -2.08. The Bertz CT molecular complexity index is 821. The number of rotatable bonds is 4. The number of carbonyl (C=O) groups excluding carboxylic acids is 1. The number of aromatic nitrogens is 2. The van der Waals surface area contributed by atoms with Gasteiger partial charge in [-0.15, -0.1) is 0 Å². The summed E-state index contributed by atoms with van der Waals surface area (Å²) in [6.45, 7) is 0.445. The highest BCUT2D eigenvalue weighted by atomic mass is 79.9. The standard InChI is InChI=1S/C18H14BrN3O/c19-16-4-2-1-3-15(16)18(23)22-12-13-5-10-21-17(11-13)14-6-8-20-9-7-14/h1-11H,12H2,(H,22,23). The van der Waals surface area contributed by atoms with Crippen LogP contribution in [-0.2, 0) is 6.54 Å². The van der Waals surface area contributed by atoms with Crippen LogP contribution in [0.15, 0.2) is 71.6 Å². The van der Waals surface area contributed by atoms with Gasteiger partial charge in [-0.3, -0.25) is 14.8 Å². The average molecular weight is 368 g/mol. The summed E-state index contributed by atoms with van der Waals surface area (Å²) < 4.78 is 0.782. The van der Waals surface area contributed by atoms with Crippen LogP contribution in [0.25, 0.3) is 11.3 Å². The van der Waals surface area contributed by atoms with E-state index in [2.05, 4.69) is 31.2 Å². The van der Waals surface area contributed by atoms with E-state index in [1.807, 2.05) is 42.5 Å². The molecule has 0 aliphatic rings. The second-order valence-electron chi connectivity index (χ2n) is 4.95. The van der Waals surface area contributed by atoms with Crippen LogP contribution in [0.1, 0.15) is 15.9 Å². The Morgan fingerprint density at radius 2 is 1.83 bits per heavy atom. The van der Waals surface area contributed by atoms with Gasteiger partial charge in [0.25, 0.3) is 5.91 Å². The summed E-state index contributed by atoms with van der Waals surface area (Å²) in [7, 11) is 0. The van der Waals surface area contributed by atoms with Crippen molar-refractivity contribution in [1.82, 2.24) is 15.3 Å². The van der Waals surface area contributed by atoms with Crippen molar-refractivity contribution in [1.29, 1.82) is 0 Å². The van der Waals surface area contributed by atoms with Crippen LogP contribution < -0.4 is 5.32 Å². The normalized spacial score (nSPS) is 10.3. The number of nitrogens with zero attached hydrogens (tertiary/aromatic N) is 2. The van der Waals surface area contributed by atoms with Gasteiger partial charge in [-0.05, 0) is 57.9 Å². The van der Waals surface area contributed by atoms with Gasteiger partial charge in [0.15, 0.2) is 0 Å². The molecule has 23 heavy (non-hydrogen) atoms. The summed E-state index contributed by atoms with van der Waals surface area (Å²) in [4.78, 5) is 20.6. The molecule has 0 aliphatic carbocycles. The van der Waals surface area contributed by atoms with Crippen molar-refractivity contribution in [3.63, 3.8) is 0 Å². The van der Waals surface area contributed by atoms with E-state index in [0.29, 0.717) is 12.1 Å². The lowest BCUT2D eigenvalue weighted by atomic mass is 10.1. The highest BCUT2D eigenvalue weighted by Crippen LogP contribution is 2.18. The predicted octanol–water partition coefficient (Wildman–Crippen LogP) is 3.84. The zero-order valence-corrected chi connectivity index (χ0v) is 13.8. The highest BCUT2D eigenvalue weighted by molar-refractivity contribution is 9.10. The molecule has 0 bridgehead atoms. The van der Waals surface area contributed by atoms with E-state index in [0.717, 1.165) is 21.3 Å². The molecular formula is C18H14BrN3O. The molecule has 0 radical (unpaired) electrons. The molecule has 0 atom stereocenters. The molecule has 3 rings (SSSR count). The van der Waals surface area contributed by atoms with Crippen molar-refractivity contribution in [3.8, 4) is 11.3 Å². The van der Waals surface area contributed by atoms with Gasteiger partial charge in [-0.2, -0.15) is 0 Å². The largest absolute Gasteiger partial charge is 0.348 e. The van der Waals surface area contributed by atoms with Crippen LogP contribution >= 0.6 is 15.9 Å². The Morgan fingerprint density at radius 1 is 1.04 bits per heavy atom. The molecule has 0 fully saturated rings. The number of pyridine rings is 2. The zero-order valence-electron chi connectivity index (χ0n) is 12.2. The van der Waals surface area contributed by atoms with E-state index in [-0.39, 0.29) is 5.91 Å². The summed E-state index contributed by atoms with van der Waals surface area (Å²) in [6, 6.07) is 15.0. The maximum absolute atomic E-state index is 12.2. The maximum Gasteiger partial charge on any atom is 0.252 e. The predicted molar refractivity (Wildman–Crippen MR) is 92.8 cm³/mol. The van der Waals surface area contributed by atoms with Crippen LogP contribution in [0, 0.1) is 0 Å². The van der Waals surface area contributed by atoms with Gasteiger partial charge in [-0.25, -0.2) is 0 Å². The lowest BCUT2D eigenvalue weighted by molar-refractivity contribution is 0.0950. The third kappa shape index (κ3) is 3.81. The summed E-state index contributed by atoms with van der Waals surface area (Å²) in [5.74, 6) is -0.111. The van der Waals surface area contributed by atoms with Gasteiger partial charge >= 0.3 is 0 Å².